The summed E-state index contributed by atoms with van der Waals surface area (Å²) in [5.41, 5.74) is -0.232. The van der Waals surface area contributed by atoms with Gasteiger partial charge in [0, 0.05) is 38.0 Å². The summed E-state index contributed by atoms with van der Waals surface area (Å²) in [5, 5.41) is 3.22. The Hall–Kier alpha value is -1.59. The Bertz CT molecular complexity index is 674. The molecule has 1 heterocycles. The van der Waals surface area contributed by atoms with Gasteiger partial charge in [-0.3, -0.25) is 14.4 Å². The van der Waals surface area contributed by atoms with E-state index in [0.717, 1.165) is 19.3 Å². The van der Waals surface area contributed by atoms with Gasteiger partial charge in [-0.15, -0.1) is 0 Å². The van der Waals surface area contributed by atoms with Crippen LogP contribution >= 0.6 is 0 Å². The van der Waals surface area contributed by atoms with Crippen LogP contribution in [0.4, 0.5) is 0 Å². The minimum absolute atomic E-state index is 0.0176. The van der Waals surface area contributed by atoms with E-state index >= 15 is 0 Å². The molecule has 0 aromatic rings. The van der Waals surface area contributed by atoms with Crippen LogP contribution in [0.2, 0.25) is 0 Å². The Kier molecular flexibility index (Phi) is 6.37. The first kappa shape index (κ1) is 22.6. The van der Waals surface area contributed by atoms with Crippen LogP contribution in [0.15, 0.2) is 0 Å². The van der Waals surface area contributed by atoms with Crippen LogP contribution in [0.25, 0.3) is 0 Å². The largest absolute Gasteiger partial charge is 0.344 e. The molecule has 5 fully saturated rings. The van der Waals surface area contributed by atoms with Crippen molar-refractivity contribution in [2.75, 3.05) is 26.2 Å². The lowest BCUT2D eigenvalue weighted by Crippen LogP contribution is -2.60. The lowest BCUT2D eigenvalue weighted by atomic mass is 9.49. The monoisotopic (exact) mass is 431 g/mol. The molecule has 1 N–H and O–H groups in total. The maximum absolute atomic E-state index is 13.5. The van der Waals surface area contributed by atoms with E-state index in [1.165, 1.54) is 19.3 Å². The molecule has 5 aliphatic rings. The van der Waals surface area contributed by atoms with Crippen molar-refractivity contribution >= 4 is 17.7 Å². The van der Waals surface area contributed by atoms with Gasteiger partial charge in [-0.25, -0.2) is 0 Å². The van der Waals surface area contributed by atoms with E-state index in [1.807, 2.05) is 23.6 Å². The summed E-state index contributed by atoms with van der Waals surface area (Å²) in [4.78, 5) is 42.9. The molecular weight excluding hydrogens is 390 g/mol. The molecule has 5 rings (SSSR count). The van der Waals surface area contributed by atoms with Crippen molar-refractivity contribution in [1.82, 2.24) is 15.1 Å². The van der Waals surface area contributed by atoms with Crippen LogP contribution in [0.3, 0.4) is 0 Å². The number of rotatable bonds is 6. The quantitative estimate of drug-likeness (QED) is 0.703. The molecule has 4 saturated carbocycles. The highest BCUT2D eigenvalue weighted by Crippen LogP contribution is 2.60. The number of hydrogen-bond acceptors (Lipinski definition) is 3. The van der Waals surface area contributed by atoms with E-state index in [-0.39, 0.29) is 29.1 Å². The van der Waals surface area contributed by atoms with Crippen LogP contribution in [-0.2, 0) is 14.4 Å². The second-order valence-corrected chi connectivity index (χ2v) is 11.7. The number of nitrogens with one attached hydrogen (secondary N) is 1. The Labute approximate surface area is 187 Å². The number of carbonyl (C=O) groups is 3. The average Bonchev–Trinajstić information content (AvgIpc) is 2.69. The second kappa shape index (κ2) is 8.74. The molecule has 0 spiro atoms. The fraction of sp³-hybridized carbons (Fsp3) is 0.880. The van der Waals surface area contributed by atoms with Crippen LogP contribution in [0.5, 0.6) is 0 Å². The molecule has 0 aromatic heterocycles. The normalized spacial score (nSPS) is 33.2. The van der Waals surface area contributed by atoms with Gasteiger partial charge in [-0.05, 0) is 68.1 Å². The summed E-state index contributed by atoms with van der Waals surface area (Å²) in [6, 6.07) is -0.474. The van der Waals surface area contributed by atoms with E-state index in [4.69, 9.17) is 0 Å². The first-order chi connectivity index (χ1) is 14.7. The minimum Gasteiger partial charge on any atom is -0.344 e. The lowest BCUT2D eigenvalue weighted by Gasteiger charge is -2.56. The summed E-state index contributed by atoms with van der Waals surface area (Å²) in [6.45, 7) is 10.4. The molecule has 0 radical (unpaired) electrons. The highest BCUT2D eigenvalue weighted by atomic mass is 16.2. The molecule has 0 aromatic carbocycles. The van der Waals surface area contributed by atoms with Gasteiger partial charge < -0.3 is 15.1 Å². The van der Waals surface area contributed by atoms with E-state index in [2.05, 4.69) is 19.2 Å². The minimum atomic E-state index is -0.474. The summed E-state index contributed by atoms with van der Waals surface area (Å²) >= 11 is 0. The van der Waals surface area contributed by atoms with Crippen molar-refractivity contribution in [1.29, 1.82) is 0 Å². The van der Waals surface area contributed by atoms with Gasteiger partial charge in [0.1, 0.15) is 6.04 Å². The molecule has 6 heteroatoms. The van der Waals surface area contributed by atoms with Gasteiger partial charge in [-0.2, -0.15) is 0 Å². The van der Waals surface area contributed by atoms with Crippen LogP contribution in [0, 0.1) is 35.0 Å². The van der Waals surface area contributed by atoms with Gasteiger partial charge >= 0.3 is 0 Å². The van der Waals surface area contributed by atoms with E-state index < -0.39 is 6.04 Å². The van der Waals surface area contributed by atoms with Crippen molar-refractivity contribution in [3.05, 3.63) is 0 Å². The Morgan fingerprint density at radius 3 is 1.77 bits per heavy atom. The van der Waals surface area contributed by atoms with Crippen LogP contribution < -0.4 is 5.32 Å². The summed E-state index contributed by atoms with van der Waals surface area (Å²) in [6.07, 6.45) is 7.52. The average molecular weight is 432 g/mol. The Morgan fingerprint density at radius 1 is 0.839 bits per heavy atom. The number of carbonyl (C=O) groups excluding carboxylic acids is 3. The zero-order valence-electron chi connectivity index (χ0n) is 19.9. The molecule has 4 aliphatic carbocycles. The van der Waals surface area contributed by atoms with Crippen LogP contribution in [0.1, 0.15) is 72.6 Å². The van der Waals surface area contributed by atoms with Gasteiger partial charge in [-0.1, -0.05) is 27.7 Å². The summed E-state index contributed by atoms with van der Waals surface area (Å²) < 4.78 is 0. The smallest absolute Gasteiger partial charge is 0.245 e. The third-order valence-electron chi connectivity index (χ3n) is 8.27. The molecule has 31 heavy (non-hydrogen) atoms. The molecule has 174 valence electrons. The summed E-state index contributed by atoms with van der Waals surface area (Å²) in [5.74, 6) is 2.85. The second-order valence-electron chi connectivity index (χ2n) is 11.7. The van der Waals surface area contributed by atoms with E-state index in [9.17, 15) is 14.4 Å². The first-order valence-electron chi connectivity index (χ1n) is 12.5. The molecular formula is C25H41N3O3. The van der Waals surface area contributed by atoms with Gasteiger partial charge in [0.15, 0.2) is 0 Å². The summed E-state index contributed by atoms with van der Waals surface area (Å²) in [7, 11) is 0. The maximum atomic E-state index is 13.5. The molecule has 1 unspecified atom stereocenters. The maximum Gasteiger partial charge on any atom is 0.245 e. The van der Waals surface area contributed by atoms with Crippen LogP contribution in [-0.4, -0.2) is 59.7 Å². The van der Waals surface area contributed by atoms with Crippen molar-refractivity contribution in [3.63, 3.8) is 0 Å². The number of amides is 3. The number of hydrogen-bond donors (Lipinski definition) is 1. The van der Waals surface area contributed by atoms with Crippen molar-refractivity contribution in [2.24, 2.45) is 35.0 Å². The molecule has 1 saturated heterocycles. The van der Waals surface area contributed by atoms with E-state index in [1.54, 1.807) is 0 Å². The molecule has 1 aliphatic heterocycles. The fourth-order valence-corrected chi connectivity index (χ4v) is 7.05. The Balaban J connectivity index is 1.36. The Morgan fingerprint density at radius 2 is 1.32 bits per heavy atom. The first-order valence-corrected chi connectivity index (χ1v) is 12.5. The van der Waals surface area contributed by atoms with Crippen molar-refractivity contribution in [2.45, 2.75) is 78.7 Å². The standard InChI is InChI=1S/C25H41N3O3/c1-16(2)9-21(29)27-5-7-28(8-6-27)23(30)22(17(3)4)26-24(31)25-13-18-10-19(14-25)12-20(11-18)15-25/h16-20,22H,5-15H2,1-4H3,(H,26,31). The van der Waals surface area contributed by atoms with Gasteiger partial charge in [0.05, 0.1) is 0 Å². The highest BCUT2D eigenvalue weighted by molar-refractivity contribution is 5.90. The van der Waals surface area contributed by atoms with Gasteiger partial charge in [0.2, 0.25) is 17.7 Å². The number of piperazine rings is 1. The molecule has 3 amide bonds. The molecule has 6 nitrogen and oxygen atoms in total. The lowest BCUT2D eigenvalue weighted by molar-refractivity contribution is -0.151. The third-order valence-corrected chi connectivity index (χ3v) is 8.27. The third kappa shape index (κ3) is 4.63. The zero-order valence-corrected chi connectivity index (χ0v) is 19.9. The SMILES string of the molecule is CC(C)CC(=O)N1CCN(C(=O)C(NC(=O)C23CC4CC(CC(C4)C2)C3)C(C)C)CC1. The van der Waals surface area contributed by atoms with Crippen molar-refractivity contribution in [3.8, 4) is 0 Å². The molecule has 1 atom stereocenters. The predicted octanol–water partition coefficient (Wildman–Crippen LogP) is 3.06. The van der Waals surface area contributed by atoms with Gasteiger partial charge in [0.25, 0.3) is 0 Å². The fourth-order valence-electron chi connectivity index (χ4n) is 7.05. The van der Waals surface area contributed by atoms with Crippen molar-refractivity contribution < 1.29 is 14.4 Å². The zero-order chi connectivity index (χ0) is 22.3. The topological polar surface area (TPSA) is 69.7 Å². The number of nitrogens with zero attached hydrogens (tertiary/aromatic N) is 2. The molecule has 4 bridgehead atoms. The predicted molar refractivity (Wildman–Crippen MR) is 120 cm³/mol. The van der Waals surface area contributed by atoms with E-state index in [0.29, 0.717) is 56.3 Å². The highest BCUT2D eigenvalue weighted by Gasteiger charge is 2.55.